The van der Waals surface area contributed by atoms with Crippen molar-refractivity contribution in [3.05, 3.63) is 34.3 Å². The highest BCUT2D eigenvalue weighted by Crippen LogP contribution is 2.33. The SMILES string of the molecule is CC(C)NCC1(OCc2ccc(Br)cc2)CCCC1. The molecule has 0 bridgehead atoms. The molecule has 3 heteroatoms. The van der Waals surface area contributed by atoms with Crippen molar-refractivity contribution in [2.75, 3.05) is 6.54 Å². The van der Waals surface area contributed by atoms with Gasteiger partial charge in [-0.25, -0.2) is 0 Å². The summed E-state index contributed by atoms with van der Waals surface area (Å²) in [6.45, 7) is 6.07. The summed E-state index contributed by atoms with van der Waals surface area (Å²) >= 11 is 3.46. The summed E-state index contributed by atoms with van der Waals surface area (Å²) in [4.78, 5) is 0. The minimum absolute atomic E-state index is 0.0529. The van der Waals surface area contributed by atoms with E-state index in [0.29, 0.717) is 12.6 Å². The van der Waals surface area contributed by atoms with Crippen LogP contribution in [0.2, 0.25) is 0 Å². The zero-order valence-corrected chi connectivity index (χ0v) is 13.5. The minimum atomic E-state index is 0.0529. The lowest BCUT2D eigenvalue weighted by molar-refractivity contribution is -0.0514. The van der Waals surface area contributed by atoms with Crippen molar-refractivity contribution < 1.29 is 4.74 Å². The van der Waals surface area contributed by atoms with Crippen LogP contribution in [-0.2, 0) is 11.3 Å². The summed E-state index contributed by atoms with van der Waals surface area (Å²) in [5.41, 5.74) is 1.30. The van der Waals surface area contributed by atoms with Gasteiger partial charge in [-0.15, -0.1) is 0 Å². The Labute approximate surface area is 125 Å². The van der Waals surface area contributed by atoms with Crippen LogP contribution in [-0.4, -0.2) is 18.2 Å². The van der Waals surface area contributed by atoms with E-state index >= 15 is 0 Å². The molecule has 2 rings (SSSR count). The van der Waals surface area contributed by atoms with Gasteiger partial charge in [0.1, 0.15) is 0 Å². The average Bonchev–Trinajstić information content (AvgIpc) is 2.85. The molecule has 1 saturated carbocycles. The Balaban J connectivity index is 1.91. The maximum Gasteiger partial charge on any atom is 0.0810 e. The zero-order chi connectivity index (χ0) is 13.7. The molecule has 1 aliphatic rings. The monoisotopic (exact) mass is 325 g/mol. The first-order valence-electron chi connectivity index (χ1n) is 7.21. The molecule has 1 aromatic carbocycles. The van der Waals surface area contributed by atoms with Crippen LogP contribution >= 0.6 is 15.9 Å². The second-order valence-corrected chi connectivity index (χ2v) is 6.76. The molecule has 1 aromatic rings. The van der Waals surface area contributed by atoms with E-state index in [-0.39, 0.29) is 5.60 Å². The fourth-order valence-electron chi connectivity index (χ4n) is 2.60. The van der Waals surface area contributed by atoms with E-state index < -0.39 is 0 Å². The van der Waals surface area contributed by atoms with Crippen LogP contribution in [0.25, 0.3) is 0 Å². The summed E-state index contributed by atoms with van der Waals surface area (Å²) in [5.74, 6) is 0. The number of halogens is 1. The number of hydrogen-bond donors (Lipinski definition) is 1. The number of ether oxygens (including phenoxy) is 1. The molecule has 19 heavy (non-hydrogen) atoms. The summed E-state index contributed by atoms with van der Waals surface area (Å²) in [5, 5.41) is 3.54. The maximum absolute atomic E-state index is 6.29. The largest absolute Gasteiger partial charge is 0.369 e. The van der Waals surface area contributed by atoms with E-state index in [1.54, 1.807) is 0 Å². The molecular formula is C16H24BrNO. The highest BCUT2D eigenvalue weighted by molar-refractivity contribution is 9.10. The van der Waals surface area contributed by atoms with Crippen molar-refractivity contribution in [1.29, 1.82) is 0 Å². The third-order valence-corrected chi connectivity index (χ3v) is 4.33. The van der Waals surface area contributed by atoms with Crippen LogP contribution in [0.5, 0.6) is 0 Å². The Hall–Kier alpha value is -0.380. The van der Waals surface area contributed by atoms with Crippen molar-refractivity contribution in [1.82, 2.24) is 5.32 Å². The van der Waals surface area contributed by atoms with E-state index in [9.17, 15) is 0 Å². The first-order valence-corrected chi connectivity index (χ1v) is 8.01. The second kappa shape index (κ2) is 6.87. The molecule has 0 spiro atoms. The Morgan fingerprint density at radius 2 is 1.84 bits per heavy atom. The highest BCUT2D eigenvalue weighted by atomic mass is 79.9. The molecule has 0 heterocycles. The molecular weight excluding hydrogens is 302 g/mol. The predicted molar refractivity (Wildman–Crippen MR) is 83.3 cm³/mol. The lowest BCUT2D eigenvalue weighted by Gasteiger charge is -2.31. The van der Waals surface area contributed by atoms with Gasteiger partial charge < -0.3 is 10.1 Å². The molecule has 1 N–H and O–H groups in total. The molecule has 1 fully saturated rings. The van der Waals surface area contributed by atoms with Crippen LogP contribution in [0.15, 0.2) is 28.7 Å². The maximum atomic E-state index is 6.29. The molecule has 2 nitrogen and oxygen atoms in total. The summed E-state index contributed by atoms with van der Waals surface area (Å²) in [7, 11) is 0. The third-order valence-electron chi connectivity index (χ3n) is 3.81. The van der Waals surface area contributed by atoms with Crippen molar-refractivity contribution in [2.45, 2.75) is 57.8 Å². The Kier molecular flexibility index (Phi) is 5.43. The smallest absolute Gasteiger partial charge is 0.0810 e. The Morgan fingerprint density at radius 3 is 2.42 bits per heavy atom. The van der Waals surface area contributed by atoms with E-state index in [0.717, 1.165) is 11.0 Å². The summed E-state index contributed by atoms with van der Waals surface area (Å²) in [6, 6.07) is 8.93. The predicted octanol–water partition coefficient (Wildman–Crippen LogP) is 4.28. The van der Waals surface area contributed by atoms with E-state index in [1.165, 1.54) is 31.2 Å². The molecule has 0 aliphatic heterocycles. The molecule has 0 unspecified atom stereocenters. The average molecular weight is 326 g/mol. The third kappa shape index (κ3) is 4.59. The van der Waals surface area contributed by atoms with Crippen LogP contribution < -0.4 is 5.32 Å². The van der Waals surface area contributed by atoms with Crippen LogP contribution in [0.3, 0.4) is 0 Å². The molecule has 0 aromatic heterocycles. The van der Waals surface area contributed by atoms with E-state index in [4.69, 9.17) is 4.74 Å². The number of benzene rings is 1. The van der Waals surface area contributed by atoms with Crippen molar-refractivity contribution in [3.8, 4) is 0 Å². The minimum Gasteiger partial charge on any atom is -0.369 e. The quantitative estimate of drug-likeness (QED) is 0.843. The molecule has 106 valence electrons. The van der Waals surface area contributed by atoms with Crippen molar-refractivity contribution >= 4 is 15.9 Å². The van der Waals surface area contributed by atoms with E-state index in [1.807, 2.05) is 0 Å². The van der Waals surface area contributed by atoms with Gasteiger partial charge >= 0.3 is 0 Å². The molecule has 1 aliphatic carbocycles. The lowest BCUT2D eigenvalue weighted by atomic mass is 10.0. The van der Waals surface area contributed by atoms with Crippen molar-refractivity contribution in [3.63, 3.8) is 0 Å². The van der Waals surface area contributed by atoms with Gasteiger partial charge in [-0.3, -0.25) is 0 Å². The van der Waals surface area contributed by atoms with Gasteiger partial charge in [0.2, 0.25) is 0 Å². The topological polar surface area (TPSA) is 21.3 Å². The summed E-state index contributed by atoms with van der Waals surface area (Å²) in [6.07, 6.45) is 4.95. The Bertz CT molecular complexity index is 382. The van der Waals surface area contributed by atoms with Gasteiger partial charge in [0.15, 0.2) is 0 Å². The number of nitrogens with one attached hydrogen (secondary N) is 1. The molecule has 0 atom stereocenters. The van der Waals surface area contributed by atoms with Crippen LogP contribution in [0.1, 0.15) is 45.1 Å². The number of hydrogen-bond acceptors (Lipinski definition) is 2. The second-order valence-electron chi connectivity index (χ2n) is 5.84. The molecule has 0 radical (unpaired) electrons. The first kappa shape index (κ1) is 15.0. The fraction of sp³-hybridized carbons (Fsp3) is 0.625. The normalized spacial score (nSPS) is 18.1. The fourth-order valence-corrected chi connectivity index (χ4v) is 2.86. The first-order chi connectivity index (χ1) is 9.10. The van der Waals surface area contributed by atoms with Gasteiger partial charge in [-0.2, -0.15) is 0 Å². The van der Waals surface area contributed by atoms with Gasteiger partial charge in [0.05, 0.1) is 12.2 Å². The Morgan fingerprint density at radius 1 is 1.21 bits per heavy atom. The van der Waals surface area contributed by atoms with Gasteiger partial charge in [0, 0.05) is 17.1 Å². The molecule has 0 amide bonds. The summed E-state index contributed by atoms with van der Waals surface area (Å²) < 4.78 is 7.41. The van der Waals surface area contributed by atoms with Crippen LogP contribution in [0, 0.1) is 0 Å². The lowest BCUT2D eigenvalue weighted by Crippen LogP contribution is -2.43. The van der Waals surface area contributed by atoms with Crippen LogP contribution in [0.4, 0.5) is 0 Å². The van der Waals surface area contributed by atoms with Gasteiger partial charge in [0.25, 0.3) is 0 Å². The standard InChI is InChI=1S/C16H24BrNO/c1-13(2)18-12-16(9-3-4-10-16)19-11-14-5-7-15(17)8-6-14/h5-8,13,18H,3-4,9-12H2,1-2H3. The highest BCUT2D eigenvalue weighted by Gasteiger charge is 2.34. The van der Waals surface area contributed by atoms with Gasteiger partial charge in [-0.05, 0) is 30.5 Å². The molecule has 0 saturated heterocycles. The zero-order valence-electron chi connectivity index (χ0n) is 11.9. The van der Waals surface area contributed by atoms with Crippen molar-refractivity contribution in [2.24, 2.45) is 0 Å². The number of rotatable bonds is 6. The van der Waals surface area contributed by atoms with Gasteiger partial charge in [-0.1, -0.05) is 54.8 Å². The van der Waals surface area contributed by atoms with E-state index in [2.05, 4.69) is 59.4 Å².